The lowest BCUT2D eigenvalue weighted by Crippen LogP contribution is -2.48. The Labute approximate surface area is 120 Å². The largest absolute Gasteiger partial charge is 0.361 e. The van der Waals surface area contributed by atoms with Gasteiger partial charge in [0.1, 0.15) is 0 Å². The van der Waals surface area contributed by atoms with Gasteiger partial charge in [-0.15, -0.1) is 0 Å². The molecule has 3 nitrogen and oxygen atoms in total. The number of carbonyl (C=O) groups is 1. The Kier molecular flexibility index (Phi) is 3.28. The summed E-state index contributed by atoms with van der Waals surface area (Å²) in [5.74, 6) is 1.32. The lowest BCUT2D eigenvalue weighted by atomic mass is 9.85. The predicted octanol–water partition coefficient (Wildman–Crippen LogP) is 3.67. The Morgan fingerprint density at radius 1 is 1.25 bits per heavy atom. The van der Waals surface area contributed by atoms with Crippen LogP contribution in [0.4, 0.5) is 0 Å². The summed E-state index contributed by atoms with van der Waals surface area (Å²) in [6.07, 6.45) is 3.12. The zero-order chi connectivity index (χ0) is 14.3. The lowest BCUT2D eigenvalue weighted by Gasteiger charge is -2.41. The highest BCUT2D eigenvalue weighted by atomic mass is 16.2. The molecule has 3 heteroatoms. The summed E-state index contributed by atoms with van der Waals surface area (Å²) in [5, 5.41) is 1.10. The van der Waals surface area contributed by atoms with Gasteiger partial charge < -0.3 is 9.88 Å². The van der Waals surface area contributed by atoms with Crippen LogP contribution in [0, 0.1) is 11.8 Å². The third-order valence-corrected chi connectivity index (χ3v) is 4.66. The van der Waals surface area contributed by atoms with Gasteiger partial charge in [0.25, 0.3) is 5.91 Å². The van der Waals surface area contributed by atoms with Crippen molar-refractivity contribution in [3.8, 4) is 0 Å². The van der Waals surface area contributed by atoms with Gasteiger partial charge in [0.15, 0.2) is 0 Å². The third-order valence-electron chi connectivity index (χ3n) is 4.66. The molecule has 0 saturated carbocycles. The van der Waals surface area contributed by atoms with E-state index in [4.69, 9.17) is 0 Å². The maximum Gasteiger partial charge on any atom is 0.254 e. The minimum atomic E-state index is 0.166. The van der Waals surface area contributed by atoms with Gasteiger partial charge in [-0.1, -0.05) is 13.8 Å². The van der Waals surface area contributed by atoms with E-state index in [9.17, 15) is 4.79 Å². The summed E-state index contributed by atoms with van der Waals surface area (Å²) < 4.78 is 0. The molecule has 1 amide bonds. The quantitative estimate of drug-likeness (QED) is 0.843. The Morgan fingerprint density at radius 2 is 2.05 bits per heavy atom. The molecular formula is C17H22N2O. The smallest absolute Gasteiger partial charge is 0.254 e. The van der Waals surface area contributed by atoms with Gasteiger partial charge in [0.2, 0.25) is 0 Å². The molecule has 0 spiro atoms. The second-order valence-electron chi connectivity index (χ2n) is 6.30. The minimum absolute atomic E-state index is 0.166. The molecule has 1 aromatic carbocycles. The topological polar surface area (TPSA) is 36.1 Å². The second-order valence-corrected chi connectivity index (χ2v) is 6.30. The highest BCUT2D eigenvalue weighted by molar-refractivity contribution is 5.98. The Morgan fingerprint density at radius 3 is 2.85 bits per heavy atom. The van der Waals surface area contributed by atoms with Crippen LogP contribution < -0.4 is 0 Å². The average Bonchev–Trinajstić information content (AvgIpc) is 2.89. The zero-order valence-corrected chi connectivity index (χ0v) is 12.4. The van der Waals surface area contributed by atoms with E-state index in [1.54, 1.807) is 0 Å². The normalized spacial score (nSPS) is 26.9. The number of nitrogens with one attached hydrogen (secondary N) is 1. The number of hydrogen-bond donors (Lipinski definition) is 1. The van der Waals surface area contributed by atoms with Gasteiger partial charge in [0.05, 0.1) is 0 Å². The summed E-state index contributed by atoms with van der Waals surface area (Å²) in [5.41, 5.74) is 1.88. The number of carbonyl (C=O) groups excluding carboxylic acids is 1. The maximum absolute atomic E-state index is 12.8. The first-order chi connectivity index (χ1) is 9.56. The summed E-state index contributed by atoms with van der Waals surface area (Å²) in [6.45, 7) is 7.52. The van der Waals surface area contributed by atoms with Gasteiger partial charge in [-0.3, -0.25) is 4.79 Å². The Hall–Kier alpha value is -1.77. The molecule has 1 fully saturated rings. The maximum atomic E-state index is 12.8. The fourth-order valence-corrected chi connectivity index (χ4v) is 3.34. The summed E-state index contributed by atoms with van der Waals surface area (Å²) in [7, 11) is 0. The summed E-state index contributed by atoms with van der Waals surface area (Å²) in [4.78, 5) is 18.0. The van der Waals surface area contributed by atoms with Crippen molar-refractivity contribution in [2.24, 2.45) is 11.8 Å². The Bertz CT molecular complexity index is 631. The number of amides is 1. The fraction of sp³-hybridized carbons (Fsp3) is 0.471. The minimum Gasteiger partial charge on any atom is -0.361 e. The molecular weight excluding hydrogens is 248 g/mol. The van der Waals surface area contributed by atoms with Crippen molar-refractivity contribution in [3.63, 3.8) is 0 Å². The van der Waals surface area contributed by atoms with Crippen molar-refractivity contribution in [3.05, 3.63) is 36.0 Å². The molecule has 20 heavy (non-hydrogen) atoms. The van der Waals surface area contributed by atoms with Crippen LogP contribution in [0.5, 0.6) is 0 Å². The lowest BCUT2D eigenvalue weighted by molar-refractivity contribution is 0.0456. The molecule has 0 radical (unpaired) electrons. The molecule has 1 aliphatic rings. The third kappa shape index (κ3) is 2.21. The van der Waals surface area contributed by atoms with Crippen LogP contribution in [0.3, 0.4) is 0 Å². The van der Waals surface area contributed by atoms with Crippen LogP contribution in [-0.2, 0) is 0 Å². The number of benzene rings is 1. The molecule has 106 valence electrons. The molecule has 3 unspecified atom stereocenters. The van der Waals surface area contributed by atoms with Crippen molar-refractivity contribution in [2.45, 2.75) is 33.2 Å². The highest BCUT2D eigenvalue weighted by Crippen LogP contribution is 2.28. The van der Waals surface area contributed by atoms with Crippen LogP contribution >= 0.6 is 0 Å². The molecule has 1 aliphatic heterocycles. The van der Waals surface area contributed by atoms with E-state index in [1.807, 2.05) is 35.4 Å². The van der Waals surface area contributed by atoms with E-state index >= 15 is 0 Å². The first-order valence-corrected chi connectivity index (χ1v) is 7.44. The van der Waals surface area contributed by atoms with Crippen molar-refractivity contribution < 1.29 is 4.79 Å². The van der Waals surface area contributed by atoms with Crippen LogP contribution in [0.15, 0.2) is 30.5 Å². The molecule has 3 rings (SSSR count). The van der Waals surface area contributed by atoms with Crippen molar-refractivity contribution in [1.82, 2.24) is 9.88 Å². The first kappa shape index (κ1) is 13.2. The summed E-state index contributed by atoms with van der Waals surface area (Å²) >= 11 is 0. The number of H-pyrrole nitrogens is 1. The molecule has 2 aromatic rings. The number of aromatic nitrogens is 1. The molecule has 1 N–H and O–H groups in total. The van der Waals surface area contributed by atoms with E-state index in [2.05, 4.69) is 25.8 Å². The number of aromatic amines is 1. The summed E-state index contributed by atoms with van der Waals surface area (Å²) in [6, 6.07) is 8.24. The SMILES string of the molecule is CC1CC(C)C(C)N(C(=O)c2ccc3[nH]ccc3c2)C1. The molecule has 0 aliphatic carbocycles. The average molecular weight is 270 g/mol. The number of nitrogens with zero attached hydrogens (tertiary/aromatic N) is 1. The molecule has 1 aromatic heterocycles. The van der Waals surface area contributed by atoms with Gasteiger partial charge in [-0.2, -0.15) is 0 Å². The number of hydrogen-bond acceptors (Lipinski definition) is 1. The Balaban J connectivity index is 1.90. The van der Waals surface area contributed by atoms with E-state index in [-0.39, 0.29) is 5.91 Å². The fourth-order valence-electron chi connectivity index (χ4n) is 3.34. The standard InChI is InChI=1S/C17H22N2O/c1-11-8-12(2)13(3)19(10-11)17(20)15-4-5-16-14(9-15)6-7-18-16/h4-7,9,11-13,18H,8,10H2,1-3H3. The van der Waals surface area contributed by atoms with Gasteiger partial charge in [0, 0.05) is 35.2 Å². The van der Waals surface area contributed by atoms with Crippen LogP contribution in [0.2, 0.25) is 0 Å². The number of piperidine rings is 1. The number of likely N-dealkylation sites (tertiary alicyclic amines) is 1. The van der Waals surface area contributed by atoms with Crippen LogP contribution in [0.1, 0.15) is 37.6 Å². The first-order valence-electron chi connectivity index (χ1n) is 7.44. The highest BCUT2D eigenvalue weighted by Gasteiger charge is 2.32. The van der Waals surface area contributed by atoms with Gasteiger partial charge in [-0.25, -0.2) is 0 Å². The number of rotatable bonds is 1. The molecule has 0 bridgehead atoms. The second kappa shape index (κ2) is 4.97. The van der Waals surface area contributed by atoms with Crippen molar-refractivity contribution in [1.29, 1.82) is 0 Å². The van der Waals surface area contributed by atoms with Crippen molar-refractivity contribution >= 4 is 16.8 Å². The van der Waals surface area contributed by atoms with E-state index in [0.29, 0.717) is 17.9 Å². The number of fused-ring (bicyclic) bond motifs is 1. The van der Waals surface area contributed by atoms with E-state index in [0.717, 1.165) is 23.0 Å². The molecule has 2 heterocycles. The molecule has 1 saturated heterocycles. The predicted molar refractivity (Wildman–Crippen MR) is 81.7 cm³/mol. The zero-order valence-electron chi connectivity index (χ0n) is 12.4. The van der Waals surface area contributed by atoms with Crippen molar-refractivity contribution in [2.75, 3.05) is 6.54 Å². The molecule has 3 atom stereocenters. The van der Waals surface area contributed by atoms with Gasteiger partial charge in [-0.05, 0) is 49.4 Å². The van der Waals surface area contributed by atoms with Crippen LogP contribution in [0.25, 0.3) is 10.9 Å². The van der Waals surface area contributed by atoms with E-state index in [1.165, 1.54) is 6.42 Å². The van der Waals surface area contributed by atoms with Crippen LogP contribution in [-0.4, -0.2) is 28.4 Å². The van der Waals surface area contributed by atoms with E-state index < -0.39 is 0 Å². The monoisotopic (exact) mass is 270 g/mol. The van der Waals surface area contributed by atoms with Gasteiger partial charge >= 0.3 is 0 Å².